The fraction of sp³-hybridized carbons (Fsp3) is 0.556. The zero-order valence-electron chi connectivity index (χ0n) is 23.3. The first-order valence-electron chi connectivity index (χ1n) is 13.1. The van der Waals surface area contributed by atoms with Crippen molar-refractivity contribution >= 4 is 9.84 Å². The Hall–Kier alpha value is -3.09. The second kappa shape index (κ2) is 12.4. The summed E-state index contributed by atoms with van der Waals surface area (Å²) in [5.74, 6) is 1.33. The summed E-state index contributed by atoms with van der Waals surface area (Å²) in [5.41, 5.74) is 1.71. The second-order valence-corrected chi connectivity index (χ2v) is 12.2. The van der Waals surface area contributed by atoms with Crippen molar-refractivity contribution < 1.29 is 27.4 Å². The molecule has 212 valence electrons. The van der Waals surface area contributed by atoms with Gasteiger partial charge in [0.1, 0.15) is 35.1 Å². The van der Waals surface area contributed by atoms with Crippen molar-refractivity contribution in [1.82, 2.24) is 24.7 Å². The van der Waals surface area contributed by atoms with Crippen LogP contribution in [0.3, 0.4) is 0 Å². The second-order valence-electron chi connectivity index (χ2n) is 9.88. The van der Waals surface area contributed by atoms with E-state index in [-0.39, 0.29) is 18.0 Å². The highest BCUT2D eigenvalue weighted by Gasteiger charge is 2.36. The van der Waals surface area contributed by atoms with E-state index in [1.54, 1.807) is 56.3 Å². The molecule has 4 rings (SSSR count). The molecule has 1 fully saturated rings. The molecular formula is C27H37N5O6S. The molecule has 39 heavy (non-hydrogen) atoms. The van der Waals surface area contributed by atoms with Crippen LogP contribution in [0, 0.1) is 6.92 Å². The summed E-state index contributed by atoms with van der Waals surface area (Å²) in [4.78, 5) is 8.71. The topological polar surface area (TPSA) is 128 Å². The fourth-order valence-corrected chi connectivity index (χ4v) is 6.03. The Morgan fingerprint density at radius 1 is 1.05 bits per heavy atom. The van der Waals surface area contributed by atoms with E-state index in [4.69, 9.17) is 18.9 Å². The lowest BCUT2D eigenvalue weighted by Crippen LogP contribution is -2.31. The molecular weight excluding hydrogens is 522 g/mol. The Labute approximate surface area is 229 Å². The Bertz CT molecular complexity index is 1330. The SMILES string of the molecule is COc1cccc(OC)c1-n1c(CS(=O)(=O)[C@H](C)[C@H](OC(C)C)c2cnc(C)cn2)nnc1[C@@H]1CCCCO1. The maximum absolute atomic E-state index is 13.9. The van der Waals surface area contributed by atoms with E-state index in [9.17, 15) is 8.42 Å². The van der Waals surface area contributed by atoms with Gasteiger partial charge in [0.2, 0.25) is 0 Å². The quantitative estimate of drug-likeness (QED) is 0.339. The summed E-state index contributed by atoms with van der Waals surface area (Å²) in [6, 6.07) is 5.37. The lowest BCUT2D eigenvalue weighted by molar-refractivity contribution is 0.00380. The highest BCUT2D eigenvalue weighted by molar-refractivity contribution is 7.91. The number of hydrogen-bond donors (Lipinski definition) is 0. The summed E-state index contributed by atoms with van der Waals surface area (Å²) >= 11 is 0. The Balaban J connectivity index is 1.79. The van der Waals surface area contributed by atoms with Crippen LogP contribution in [0.25, 0.3) is 5.69 Å². The number of ether oxygens (including phenoxy) is 4. The van der Waals surface area contributed by atoms with Crippen LogP contribution < -0.4 is 9.47 Å². The molecule has 12 heteroatoms. The van der Waals surface area contributed by atoms with Gasteiger partial charge in [-0.25, -0.2) is 8.42 Å². The lowest BCUT2D eigenvalue weighted by Gasteiger charge is -2.26. The predicted octanol–water partition coefficient (Wildman–Crippen LogP) is 4.09. The number of benzene rings is 1. The van der Waals surface area contributed by atoms with E-state index in [1.165, 1.54) is 0 Å². The molecule has 0 unspecified atom stereocenters. The highest BCUT2D eigenvalue weighted by Crippen LogP contribution is 2.38. The van der Waals surface area contributed by atoms with Gasteiger partial charge in [-0.2, -0.15) is 0 Å². The molecule has 0 N–H and O–H groups in total. The first-order chi connectivity index (χ1) is 18.7. The summed E-state index contributed by atoms with van der Waals surface area (Å²) < 4.78 is 53.0. The smallest absolute Gasteiger partial charge is 0.167 e. The molecule has 0 spiro atoms. The highest BCUT2D eigenvalue weighted by atomic mass is 32.2. The van der Waals surface area contributed by atoms with Crippen molar-refractivity contribution in [2.45, 2.75) is 76.3 Å². The van der Waals surface area contributed by atoms with Crippen molar-refractivity contribution in [3.05, 3.63) is 53.6 Å². The van der Waals surface area contributed by atoms with Crippen molar-refractivity contribution in [1.29, 1.82) is 0 Å². The molecule has 1 saturated heterocycles. The molecule has 1 aromatic carbocycles. The minimum Gasteiger partial charge on any atom is -0.494 e. The molecule has 0 radical (unpaired) electrons. The largest absolute Gasteiger partial charge is 0.494 e. The summed E-state index contributed by atoms with van der Waals surface area (Å²) in [6.45, 7) is 7.75. The molecule has 2 aromatic heterocycles. The predicted molar refractivity (Wildman–Crippen MR) is 145 cm³/mol. The molecule has 1 aliphatic rings. The zero-order valence-corrected chi connectivity index (χ0v) is 24.1. The monoisotopic (exact) mass is 559 g/mol. The molecule has 0 aliphatic carbocycles. The number of aromatic nitrogens is 5. The molecule has 11 nitrogen and oxygen atoms in total. The Kier molecular flexibility index (Phi) is 9.19. The first kappa shape index (κ1) is 28.9. The van der Waals surface area contributed by atoms with E-state index in [1.807, 2.05) is 20.8 Å². The average Bonchev–Trinajstić information content (AvgIpc) is 3.33. The molecule has 0 saturated carbocycles. The zero-order chi connectivity index (χ0) is 28.2. The number of methoxy groups -OCH3 is 2. The van der Waals surface area contributed by atoms with Crippen LogP contribution in [0.4, 0.5) is 0 Å². The van der Waals surface area contributed by atoms with Crippen molar-refractivity contribution in [3.63, 3.8) is 0 Å². The van der Waals surface area contributed by atoms with Crippen LogP contribution in [0.5, 0.6) is 11.5 Å². The van der Waals surface area contributed by atoms with Crippen LogP contribution in [-0.2, 0) is 25.1 Å². The van der Waals surface area contributed by atoms with Gasteiger partial charge < -0.3 is 18.9 Å². The van der Waals surface area contributed by atoms with Gasteiger partial charge in [-0.05, 0) is 59.1 Å². The van der Waals surface area contributed by atoms with E-state index in [2.05, 4.69) is 20.2 Å². The fourth-order valence-electron chi connectivity index (χ4n) is 4.64. The molecule has 1 aliphatic heterocycles. The van der Waals surface area contributed by atoms with Crippen LogP contribution in [0.15, 0.2) is 30.6 Å². The number of nitrogens with zero attached hydrogens (tertiary/aromatic N) is 5. The van der Waals surface area contributed by atoms with Crippen LogP contribution in [-0.4, -0.2) is 65.3 Å². The molecule has 3 aromatic rings. The first-order valence-corrected chi connectivity index (χ1v) is 14.8. The van der Waals surface area contributed by atoms with Crippen molar-refractivity contribution in [2.24, 2.45) is 0 Å². The van der Waals surface area contributed by atoms with Crippen LogP contribution in [0.1, 0.15) is 75.3 Å². The summed E-state index contributed by atoms with van der Waals surface area (Å²) in [5, 5.41) is 7.85. The maximum Gasteiger partial charge on any atom is 0.167 e. The third kappa shape index (κ3) is 6.39. The Morgan fingerprint density at radius 2 is 1.77 bits per heavy atom. The van der Waals surface area contributed by atoms with Gasteiger partial charge in [-0.1, -0.05) is 6.07 Å². The van der Waals surface area contributed by atoms with E-state index in [0.29, 0.717) is 35.3 Å². The average molecular weight is 560 g/mol. The molecule has 0 amide bonds. The van der Waals surface area contributed by atoms with Crippen molar-refractivity contribution in [2.75, 3.05) is 20.8 Å². The molecule has 3 heterocycles. The van der Waals surface area contributed by atoms with Gasteiger partial charge in [-0.15, -0.1) is 10.2 Å². The number of hydrogen-bond acceptors (Lipinski definition) is 10. The van der Waals surface area contributed by atoms with E-state index in [0.717, 1.165) is 25.0 Å². The third-order valence-corrected chi connectivity index (χ3v) is 8.72. The van der Waals surface area contributed by atoms with E-state index >= 15 is 0 Å². The number of sulfone groups is 1. The summed E-state index contributed by atoms with van der Waals surface area (Å²) in [7, 11) is -0.742. The lowest BCUT2D eigenvalue weighted by atomic mass is 10.1. The summed E-state index contributed by atoms with van der Waals surface area (Å²) in [6.07, 6.45) is 4.46. The molecule has 3 atom stereocenters. The van der Waals surface area contributed by atoms with Gasteiger partial charge in [0, 0.05) is 12.8 Å². The normalized spacial score (nSPS) is 17.7. The van der Waals surface area contributed by atoms with E-state index < -0.39 is 26.9 Å². The van der Waals surface area contributed by atoms with Gasteiger partial charge in [0.25, 0.3) is 0 Å². The van der Waals surface area contributed by atoms with Gasteiger partial charge in [-0.3, -0.25) is 14.5 Å². The number of para-hydroxylation sites is 1. The van der Waals surface area contributed by atoms with Crippen LogP contribution in [0.2, 0.25) is 0 Å². The Morgan fingerprint density at radius 3 is 2.33 bits per heavy atom. The third-order valence-electron chi connectivity index (χ3n) is 6.68. The van der Waals surface area contributed by atoms with Gasteiger partial charge >= 0.3 is 0 Å². The van der Waals surface area contributed by atoms with Crippen molar-refractivity contribution in [3.8, 4) is 17.2 Å². The molecule has 0 bridgehead atoms. The van der Waals surface area contributed by atoms with Gasteiger partial charge in [0.15, 0.2) is 21.5 Å². The minimum atomic E-state index is -3.84. The van der Waals surface area contributed by atoms with Gasteiger partial charge in [0.05, 0.1) is 43.2 Å². The maximum atomic E-state index is 13.9. The number of rotatable bonds is 11. The van der Waals surface area contributed by atoms with Crippen LogP contribution >= 0.6 is 0 Å². The minimum absolute atomic E-state index is 0.229. The standard InChI is InChI=1S/C27H37N5O6S/c1-17(2)38-26(20-15-28-18(3)14-29-20)19(4)39(33,34)16-24-30-31-27(23-10-7-8-13-37-23)32(24)25-21(35-5)11-9-12-22(25)36-6/h9,11-12,14-15,17,19,23,26H,7-8,10,13,16H2,1-6H3/t19-,23+,26+/m1/s1. The number of aryl methyl sites for hydroxylation is 1.